The SMILES string of the molecule is CC(N)CNc1cnn(C(C)C)c(=O)c1Cl. The summed E-state index contributed by atoms with van der Waals surface area (Å²) in [6.45, 7) is 6.16. The molecule has 3 N–H and O–H groups in total. The number of nitrogens with two attached hydrogens (primary N) is 1. The highest BCUT2D eigenvalue weighted by molar-refractivity contribution is 6.32. The zero-order valence-corrected chi connectivity index (χ0v) is 10.5. The quantitative estimate of drug-likeness (QED) is 0.836. The molecule has 1 atom stereocenters. The third kappa shape index (κ3) is 2.96. The first kappa shape index (κ1) is 13.0. The summed E-state index contributed by atoms with van der Waals surface area (Å²) in [4.78, 5) is 11.8. The number of rotatable bonds is 4. The summed E-state index contributed by atoms with van der Waals surface area (Å²) in [7, 11) is 0. The van der Waals surface area contributed by atoms with Crippen molar-refractivity contribution in [2.45, 2.75) is 32.9 Å². The third-order valence-electron chi connectivity index (χ3n) is 2.05. The van der Waals surface area contributed by atoms with Gasteiger partial charge in [0.05, 0.1) is 17.9 Å². The molecule has 0 aliphatic rings. The lowest BCUT2D eigenvalue weighted by atomic mass is 10.3. The van der Waals surface area contributed by atoms with E-state index in [0.29, 0.717) is 12.2 Å². The van der Waals surface area contributed by atoms with E-state index >= 15 is 0 Å². The zero-order chi connectivity index (χ0) is 12.3. The van der Waals surface area contributed by atoms with E-state index in [-0.39, 0.29) is 22.7 Å². The van der Waals surface area contributed by atoms with E-state index in [4.69, 9.17) is 17.3 Å². The van der Waals surface area contributed by atoms with Crippen molar-refractivity contribution in [3.63, 3.8) is 0 Å². The molecule has 6 heteroatoms. The largest absolute Gasteiger partial charge is 0.381 e. The molecule has 1 aromatic heterocycles. The van der Waals surface area contributed by atoms with Gasteiger partial charge in [-0.15, -0.1) is 0 Å². The van der Waals surface area contributed by atoms with Crippen LogP contribution < -0.4 is 16.6 Å². The standard InChI is InChI=1S/C10H17ClN4O/c1-6(2)15-10(16)9(11)8(5-14-15)13-4-7(3)12/h5-7,13H,4,12H2,1-3H3. The van der Waals surface area contributed by atoms with E-state index < -0.39 is 0 Å². The molecule has 0 aliphatic heterocycles. The first-order chi connectivity index (χ1) is 7.43. The summed E-state index contributed by atoms with van der Waals surface area (Å²) in [5, 5.41) is 7.18. The van der Waals surface area contributed by atoms with Gasteiger partial charge in [-0.2, -0.15) is 5.10 Å². The maximum Gasteiger partial charge on any atom is 0.287 e. The van der Waals surface area contributed by atoms with Crippen molar-refractivity contribution in [3.05, 3.63) is 21.6 Å². The number of hydrogen-bond donors (Lipinski definition) is 2. The summed E-state index contributed by atoms with van der Waals surface area (Å²) in [6.07, 6.45) is 1.55. The maximum atomic E-state index is 11.8. The number of nitrogens with one attached hydrogen (secondary N) is 1. The smallest absolute Gasteiger partial charge is 0.287 e. The molecule has 0 spiro atoms. The Labute approximate surface area is 99.6 Å². The monoisotopic (exact) mass is 244 g/mol. The summed E-state index contributed by atoms with van der Waals surface area (Å²) >= 11 is 5.95. The van der Waals surface area contributed by atoms with E-state index in [1.807, 2.05) is 20.8 Å². The number of hydrogen-bond acceptors (Lipinski definition) is 4. The van der Waals surface area contributed by atoms with E-state index in [9.17, 15) is 4.79 Å². The van der Waals surface area contributed by atoms with Crippen LogP contribution in [0.25, 0.3) is 0 Å². The fourth-order valence-electron chi connectivity index (χ4n) is 1.21. The maximum absolute atomic E-state index is 11.8. The van der Waals surface area contributed by atoms with Crippen molar-refractivity contribution in [2.24, 2.45) is 5.73 Å². The molecule has 0 amide bonds. The summed E-state index contributed by atoms with van der Waals surface area (Å²) in [6, 6.07) is -0.0175. The van der Waals surface area contributed by atoms with Crippen LogP contribution in [-0.2, 0) is 0 Å². The fourth-order valence-corrected chi connectivity index (χ4v) is 1.41. The van der Waals surface area contributed by atoms with Crippen LogP contribution in [0, 0.1) is 0 Å². The van der Waals surface area contributed by atoms with Gasteiger partial charge in [-0.1, -0.05) is 11.6 Å². The van der Waals surface area contributed by atoms with Crippen LogP contribution in [0.3, 0.4) is 0 Å². The van der Waals surface area contributed by atoms with Crippen molar-refractivity contribution in [3.8, 4) is 0 Å². The minimum absolute atomic E-state index is 0.00696. The number of nitrogens with zero attached hydrogens (tertiary/aromatic N) is 2. The molecule has 1 rings (SSSR count). The van der Waals surface area contributed by atoms with Crippen molar-refractivity contribution >= 4 is 17.3 Å². The molecule has 16 heavy (non-hydrogen) atoms. The summed E-state index contributed by atoms with van der Waals surface area (Å²) in [5.74, 6) is 0. The predicted octanol–water partition coefficient (Wildman–Crippen LogP) is 1.24. The molecule has 0 saturated heterocycles. The van der Waals surface area contributed by atoms with E-state index in [2.05, 4.69) is 10.4 Å². The van der Waals surface area contributed by atoms with Crippen LogP contribution in [-0.4, -0.2) is 22.4 Å². The van der Waals surface area contributed by atoms with Crippen LogP contribution in [0.4, 0.5) is 5.69 Å². The van der Waals surface area contributed by atoms with E-state index in [1.54, 1.807) is 6.20 Å². The van der Waals surface area contributed by atoms with Gasteiger partial charge in [0.25, 0.3) is 5.56 Å². The minimum atomic E-state index is -0.286. The van der Waals surface area contributed by atoms with E-state index in [0.717, 1.165) is 0 Å². The fraction of sp³-hybridized carbons (Fsp3) is 0.600. The van der Waals surface area contributed by atoms with Gasteiger partial charge in [-0.3, -0.25) is 4.79 Å². The Morgan fingerprint density at radius 1 is 1.56 bits per heavy atom. The van der Waals surface area contributed by atoms with Crippen LogP contribution in [0.15, 0.2) is 11.0 Å². The highest BCUT2D eigenvalue weighted by Gasteiger charge is 2.10. The van der Waals surface area contributed by atoms with Gasteiger partial charge in [-0.25, -0.2) is 4.68 Å². The molecule has 5 nitrogen and oxygen atoms in total. The van der Waals surface area contributed by atoms with Gasteiger partial charge in [0.1, 0.15) is 5.02 Å². The Kier molecular flexibility index (Phi) is 4.32. The van der Waals surface area contributed by atoms with Gasteiger partial charge < -0.3 is 11.1 Å². The Hall–Kier alpha value is -1.07. The van der Waals surface area contributed by atoms with Crippen LogP contribution in [0.5, 0.6) is 0 Å². The molecule has 0 radical (unpaired) electrons. The van der Waals surface area contributed by atoms with Crippen molar-refractivity contribution in [1.82, 2.24) is 9.78 Å². The average molecular weight is 245 g/mol. The summed E-state index contributed by atoms with van der Waals surface area (Å²) in [5.41, 5.74) is 5.84. The molecular formula is C10H17ClN4O. The van der Waals surface area contributed by atoms with Crippen molar-refractivity contribution in [2.75, 3.05) is 11.9 Å². The van der Waals surface area contributed by atoms with Gasteiger partial charge in [0, 0.05) is 12.6 Å². The van der Waals surface area contributed by atoms with Gasteiger partial charge in [0.2, 0.25) is 0 Å². The summed E-state index contributed by atoms with van der Waals surface area (Å²) < 4.78 is 1.35. The molecule has 0 saturated carbocycles. The second kappa shape index (κ2) is 5.32. The topological polar surface area (TPSA) is 72.9 Å². The van der Waals surface area contributed by atoms with Crippen molar-refractivity contribution < 1.29 is 0 Å². The minimum Gasteiger partial charge on any atom is -0.381 e. The van der Waals surface area contributed by atoms with E-state index in [1.165, 1.54) is 4.68 Å². The average Bonchev–Trinajstić information content (AvgIpc) is 2.19. The number of halogens is 1. The third-order valence-corrected chi connectivity index (χ3v) is 2.41. The highest BCUT2D eigenvalue weighted by Crippen LogP contribution is 2.15. The Morgan fingerprint density at radius 2 is 2.19 bits per heavy atom. The van der Waals surface area contributed by atoms with Gasteiger partial charge >= 0.3 is 0 Å². The Morgan fingerprint density at radius 3 is 2.69 bits per heavy atom. The first-order valence-corrected chi connectivity index (χ1v) is 5.58. The Bertz CT molecular complexity index is 414. The van der Waals surface area contributed by atoms with Crippen LogP contribution >= 0.6 is 11.6 Å². The lowest BCUT2D eigenvalue weighted by Gasteiger charge is -2.13. The molecule has 0 bridgehead atoms. The first-order valence-electron chi connectivity index (χ1n) is 5.20. The lowest BCUT2D eigenvalue weighted by molar-refractivity contribution is 0.503. The van der Waals surface area contributed by atoms with Crippen molar-refractivity contribution in [1.29, 1.82) is 0 Å². The van der Waals surface area contributed by atoms with Crippen LogP contribution in [0.2, 0.25) is 5.02 Å². The van der Waals surface area contributed by atoms with Gasteiger partial charge in [0.15, 0.2) is 0 Å². The molecule has 90 valence electrons. The lowest BCUT2D eigenvalue weighted by Crippen LogP contribution is -2.29. The molecule has 0 aromatic carbocycles. The highest BCUT2D eigenvalue weighted by atomic mass is 35.5. The second-order valence-electron chi connectivity index (χ2n) is 4.07. The predicted molar refractivity (Wildman–Crippen MR) is 66.0 cm³/mol. The molecular weight excluding hydrogens is 228 g/mol. The van der Waals surface area contributed by atoms with Crippen LogP contribution in [0.1, 0.15) is 26.8 Å². The number of anilines is 1. The number of aromatic nitrogens is 2. The zero-order valence-electron chi connectivity index (χ0n) is 9.70. The molecule has 1 unspecified atom stereocenters. The second-order valence-corrected chi connectivity index (χ2v) is 4.45. The van der Waals surface area contributed by atoms with Gasteiger partial charge in [-0.05, 0) is 20.8 Å². The molecule has 0 aliphatic carbocycles. The molecule has 1 aromatic rings. The normalized spacial score (nSPS) is 12.9. The molecule has 0 fully saturated rings. The Balaban J connectivity index is 2.98. The molecule has 1 heterocycles.